The van der Waals surface area contributed by atoms with Gasteiger partial charge in [-0.25, -0.2) is 8.78 Å². The Hall–Kier alpha value is -0.860. The Morgan fingerprint density at radius 2 is 1.76 bits per heavy atom. The molecule has 1 aromatic carbocycles. The molecule has 0 saturated heterocycles. The summed E-state index contributed by atoms with van der Waals surface area (Å²) in [5, 5.41) is 0. The number of hydrogen-bond acceptors (Lipinski definition) is 3. The van der Waals surface area contributed by atoms with Crippen molar-refractivity contribution < 1.29 is 31.8 Å². The standard InChI is InChI=1S/C13H13BrF4O3/c1-19-2-3-20-12-6(14)4-9(12)21-13-10(17)7(15)5-8(16)11(13)18/h5-6,9,12H,2-4H2,1H3. The summed E-state index contributed by atoms with van der Waals surface area (Å²) in [6.07, 6.45) is -0.781. The molecule has 0 radical (unpaired) electrons. The van der Waals surface area contributed by atoms with Gasteiger partial charge in [0.1, 0.15) is 12.2 Å². The number of halogens is 5. The van der Waals surface area contributed by atoms with Crippen LogP contribution in [-0.4, -0.2) is 37.4 Å². The first-order chi connectivity index (χ1) is 9.95. The summed E-state index contributed by atoms with van der Waals surface area (Å²) in [7, 11) is 1.50. The molecule has 0 aromatic heterocycles. The van der Waals surface area contributed by atoms with Gasteiger partial charge in [-0.2, -0.15) is 8.78 Å². The average Bonchev–Trinajstić information content (AvgIpc) is 2.44. The zero-order valence-electron chi connectivity index (χ0n) is 11.0. The normalized spacial score (nSPS) is 24.8. The Kier molecular flexibility index (Phi) is 5.45. The first-order valence-electron chi connectivity index (χ1n) is 6.20. The van der Waals surface area contributed by atoms with Crippen LogP contribution in [0, 0.1) is 23.3 Å². The minimum absolute atomic E-state index is 0.0658. The minimum atomic E-state index is -1.55. The van der Waals surface area contributed by atoms with Crippen molar-refractivity contribution in [1.82, 2.24) is 0 Å². The number of benzene rings is 1. The fourth-order valence-electron chi connectivity index (χ4n) is 1.93. The van der Waals surface area contributed by atoms with E-state index in [1.807, 2.05) is 0 Å². The number of hydrogen-bond donors (Lipinski definition) is 0. The van der Waals surface area contributed by atoms with Gasteiger partial charge >= 0.3 is 0 Å². The predicted octanol–water partition coefficient (Wildman–Crippen LogP) is 3.19. The van der Waals surface area contributed by atoms with E-state index in [0.717, 1.165) is 0 Å². The van der Waals surface area contributed by atoms with E-state index in [2.05, 4.69) is 15.9 Å². The van der Waals surface area contributed by atoms with Crippen molar-refractivity contribution in [1.29, 1.82) is 0 Å². The maximum Gasteiger partial charge on any atom is 0.203 e. The van der Waals surface area contributed by atoms with Crippen molar-refractivity contribution in [2.24, 2.45) is 0 Å². The molecule has 3 nitrogen and oxygen atoms in total. The summed E-state index contributed by atoms with van der Waals surface area (Å²) in [5.74, 6) is -7.17. The van der Waals surface area contributed by atoms with E-state index in [9.17, 15) is 17.6 Å². The molecule has 3 atom stereocenters. The van der Waals surface area contributed by atoms with Crippen LogP contribution in [0.15, 0.2) is 6.07 Å². The lowest BCUT2D eigenvalue weighted by molar-refractivity contribution is -0.0887. The molecule has 2 rings (SSSR count). The predicted molar refractivity (Wildman–Crippen MR) is 69.6 cm³/mol. The zero-order valence-corrected chi connectivity index (χ0v) is 12.6. The molecule has 1 aliphatic rings. The molecule has 1 aromatic rings. The van der Waals surface area contributed by atoms with Crippen molar-refractivity contribution in [3.63, 3.8) is 0 Å². The summed E-state index contributed by atoms with van der Waals surface area (Å²) in [6, 6.07) is 0.137. The molecule has 0 spiro atoms. The van der Waals surface area contributed by atoms with Crippen molar-refractivity contribution in [3.05, 3.63) is 29.3 Å². The highest BCUT2D eigenvalue weighted by Gasteiger charge is 2.43. The molecular weight excluding hydrogens is 360 g/mol. The molecule has 0 aliphatic heterocycles. The van der Waals surface area contributed by atoms with Gasteiger partial charge in [0.2, 0.25) is 11.6 Å². The van der Waals surface area contributed by atoms with Crippen molar-refractivity contribution in [2.45, 2.75) is 23.5 Å². The largest absolute Gasteiger partial charge is 0.481 e. The molecule has 1 fully saturated rings. The third-order valence-corrected chi connectivity index (χ3v) is 4.01. The van der Waals surface area contributed by atoms with Gasteiger partial charge < -0.3 is 14.2 Å². The Balaban J connectivity index is 2.08. The highest BCUT2D eigenvalue weighted by atomic mass is 79.9. The molecule has 0 heterocycles. The molecule has 3 unspecified atom stereocenters. The van der Waals surface area contributed by atoms with Gasteiger partial charge in [-0.3, -0.25) is 0 Å². The topological polar surface area (TPSA) is 27.7 Å². The van der Waals surface area contributed by atoms with E-state index in [-0.39, 0.29) is 17.5 Å². The Labute approximate surface area is 127 Å². The molecule has 21 heavy (non-hydrogen) atoms. The van der Waals surface area contributed by atoms with Crippen LogP contribution >= 0.6 is 15.9 Å². The first-order valence-corrected chi connectivity index (χ1v) is 7.11. The van der Waals surface area contributed by atoms with E-state index in [1.165, 1.54) is 7.11 Å². The summed E-state index contributed by atoms with van der Waals surface area (Å²) < 4.78 is 68.5. The Bertz CT molecular complexity index is 488. The van der Waals surface area contributed by atoms with Crippen LogP contribution in [0.25, 0.3) is 0 Å². The molecule has 1 aliphatic carbocycles. The second-order valence-electron chi connectivity index (χ2n) is 4.53. The van der Waals surface area contributed by atoms with E-state index >= 15 is 0 Å². The van der Waals surface area contributed by atoms with Crippen LogP contribution in [0.5, 0.6) is 5.75 Å². The van der Waals surface area contributed by atoms with E-state index in [1.54, 1.807) is 0 Å². The van der Waals surface area contributed by atoms with Gasteiger partial charge in [0.05, 0.1) is 13.2 Å². The molecular formula is C13H13BrF4O3. The van der Waals surface area contributed by atoms with Crippen molar-refractivity contribution in [2.75, 3.05) is 20.3 Å². The second kappa shape index (κ2) is 6.93. The maximum atomic E-state index is 13.5. The van der Waals surface area contributed by atoms with Gasteiger partial charge in [0.15, 0.2) is 17.4 Å². The zero-order chi connectivity index (χ0) is 15.6. The SMILES string of the molecule is COCCOC1C(Br)CC1Oc1c(F)c(F)cc(F)c1F. The van der Waals surface area contributed by atoms with Gasteiger partial charge in [-0.05, 0) is 0 Å². The van der Waals surface area contributed by atoms with E-state index < -0.39 is 41.2 Å². The van der Waals surface area contributed by atoms with Crippen LogP contribution in [0.2, 0.25) is 0 Å². The maximum absolute atomic E-state index is 13.5. The lowest BCUT2D eigenvalue weighted by atomic mass is 9.91. The third-order valence-electron chi connectivity index (χ3n) is 3.12. The van der Waals surface area contributed by atoms with Gasteiger partial charge in [0.25, 0.3) is 0 Å². The van der Waals surface area contributed by atoms with Crippen molar-refractivity contribution >= 4 is 15.9 Å². The van der Waals surface area contributed by atoms with E-state index in [4.69, 9.17) is 14.2 Å². The van der Waals surface area contributed by atoms with Gasteiger partial charge in [0, 0.05) is 24.4 Å². The third kappa shape index (κ3) is 3.49. The van der Waals surface area contributed by atoms with Crippen LogP contribution in [0.3, 0.4) is 0 Å². The summed E-state index contributed by atoms with van der Waals surface area (Å²) in [5.41, 5.74) is 0. The Morgan fingerprint density at radius 1 is 1.14 bits per heavy atom. The number of rotatable bonds is 6. The molecule has 1 saturated carbocycles. The fraction of sp³-hybridized carbons (Fsp3) is 0.538. The van der Waals surface area contributed by atoms with Crippen molar-refractivity contribution in [3.8, 4) is 5.75 Å². The molecule has 118 valence electrons. The fourth-order valence-corrected chi connectivity index (χ4v) is 2.79. The molecule has 8 heteroatoms. The average molecular weight is 373 g/mol. The number of methoxy groups -OCH3 is 1. The van der Waals surface area contributed by atoms with Gasteiger partial charge in [-0.1, -0.05) is 15.9 Å². The van der Waals surface area contributed by atoms with Crippen LogP contribution in [-0.2, 0) is 9.47 Å². The monoisotopic (exact) mass is 372 g/mol. The second-order valence-corrected chi connectivity index (χ2v) is 5.71. The van der Waals surface area contributed by atoms with Crippen LogP contribution < -0.4 is 4.74 Å². The van der Waals surface area contributed by atoms with E-state index in [0.29, 0.717) is 13.0 Å². The van der Waals surface area contributed by atoms with Crippen LogP contribution in [0.4, 0.5) is 17.6 Å². The smallest absolute Gasteiger partial charge is 0.203 e. The molecule has 0 N–H and O–H groups in total. The summed E-state index contributed by atoms with van der Waals surface area (Å²) in [4.78, 5) is -0.0658. The quantitative estimate of drug-likeness (QED) is 0.332. The molecule has 0 amide bonds. The minimum Gasteiger partial charge on any atom is -0.481 e. The number of ether oxygens (including phenoxy) is 3. The van der Waals surface area contributed by atoms with Gasteiger partial charge in [-0.15, -0.1) is 0 Å². The Morgan fingerprint density at radius 3 is 2.29 bits per heavy atom. The number of alkyl halides is 1. The molecule has 0 bridgehead atoms. The highest BCUT2D eigenvalue weighted by molar-refractivity contribution is 9.09. The lowest BCUT2D eigenvalue weighted by Gasteiger charge is -2.40. The summed E-state index contributed by atoms with van der Waals surface area (Å²) in [6.45, 7) is 0.617. The first kappa shape index (κ1) is 16.5. The highest BCUT2D eigenvalue weighted by Crippen LogP contribution is 2.36. The lowest BCUT2D eigenvalue weighted by Crippen LogP contribution is -2.53. The summed E-state index contributed by atoms with van der Waals surface area (Å²) >= 11 is 3.32. The van der Waals surface area contributed by atoms with Crippen LogP contribution in [0.1, 0.15) is 6.42 Å².